The first-order chi connectivity index (χ1) is 8.31. The van der Waals surface area contributed by atoms with E-state index in [0.717, 1.165) is 32.5 Å². The minimum Gasteiger partial charge on any atom is -0.374 e. The Kier molecular flexibility index (Phi) is 4.75. The molecular formula is C10H11BrN4S2. The lowest BCUT2D eigenvalue weighted by atomic mass is 10.5. The van der Waals surface area contributed by atoms with Gasteiger partial charge in [0.25, 0.3) is 0 Å². The van der Waals surface area contributed by atoms with Gasteiger partial charge in [-0.2, -0.15) is 0 Å². The number of hydrogen-bond acceptors (Lipinski definition) is 6. The van der Waals surface area contributed by atoms with Gasteiger partial charge in [-0.15, -0.1) is 5.10 Å². The van der Waals surface area contributed by atoms with E-state index in [9.17, 15) is 0 Å². The molecule has 1 N–H and O–H groups in total. The number of halogens is 1. The molecule has 0 aromatic carbocycles. The molecule has 7 heteroatoms. The average Bonchev–Trinajstić information content (AvgIpc) is 2.76. The van der Waals surface area contributed by atoms with E-state index in [4.69, 9.17) is 0 Å². The van der Waals surface area contributed by atoms with E-state index in [1.54, 1.807) is 18.0 Å². The highest BCUT2D eigenvalue weighted by Gasteiger charge is 2.09. The maximum Gasteiger partial charge on any atom is 0.134 e. The number of rotatable bonds is 5. The topological polar surface area (TPSA) is 50.7 Å². The fraction of sp³-hybridized carbons (Fsp3) is 0.300. The first kappa shape index (κ1) is 12.8. The molecule has 2 rings (SSSR count). The van der Waals surface area contributed by atoms with E-state index in [1.165, 1.54) is 11.5 Å². The van der Waals surface area contributed by atoms with E-state index in [0.29, 0.717) is 0 Å². The molecule has 17 heavy (non-hydrogen) atoms. The summed E-state index contributed by atoms with van der Waals surface area (Å²) in [5.41, 5.74) is 0.986. The van der Waals surface area contributed by atoms with Crippen molar-refractivity contribution in [3.8, 4) is 0 Å². The second-order valence-electron chi connectivity index (χ2n) is 3.16. The van der Waals surface area contributed by atoms with Gasteiger partial charge in [-0.05, 0) is 35.0 Å². The van der Waals surface area contributed by atoms with Crippen LogP contribution in [-0.2, 0) is 5.75 Å². The minimum absolute atomic E-state index is 0.772. The van der Waals surface area contributed by atoms with E-state index in [1.807, 2.05) is 12.1 Å². The van der Waals surface area contributed by atoms with Crippen molar-refractivity contribution in [2.45, 2.75) is 17.7 Å². The zero-order valence-corrected chi connectivity index (χ0v) is 12.4. The second kappa shape index (κ2) is 6.32. The fourth-order valence-electron chi connectivity index (χ4n) is 1.21. The molecule has 2 heterocycles. The summed E-state index contributed by atoms with van der Waals surface area (Å²) < 4.78 is 4.97. The van der Waals surface area contributed by atoms with Crippen LogP contribution >= 0.6 is 39.2 Å². The Morgan fingerprint density at radius 2 is 2.41 bits per heavy atom. The van der Waals surface area contributed by atoms with Crippen LogP contribution in [0.2, 0.25) is 0 Å². The maximum atomic E-state index is 4.30. The third-order valence-corrected chi connectivity index (χ3v) is 4.61. The molecular weight excluding hydrogens is 320 g/mol. The zero-order chi connectivity index (χ0) is 12.1. The number of thioether (sulfide) groups is 1. The smallest absolute Gasteiger partial charge is 0.134 e. The minimum atomic E-state index is 0.772. The van der Waals surface area contributed by atoms with Gasteiger partial charge < -0.3 is 5.32 Å². The fourth-order valence-corrected chi connectivity index (χ4v) is 3.37. The SMILES string of the molecule is CCNc1snnc1CSc1ncccc1Br. The van der Waals surface area contributed by atoms with E-state index in [-0.39, 0.29) is 0 Å². The van der Waals surface area contributed by atoms with Crippen LogP contribution in [0.1, 0.15) is 12.6 Å². The highest BCUT2D eigenvalue weighted by atomic mass is 79.9. The van der Waals surface area contributed by atoms with Gasteiger partial charge in [-0.25, -0.2) is 4.98 Å². The van der Waals surface area contributed by atoms with Crippen molar-refractivity contribution in [1.82, 2.24) is 14.6 Å². The Hall–Kier alpha value is -0.660. The van der Waals surface area contributed by atoms with Crippen molar-refractivity contribution in [2.75, 3.05) is 11.9 Å². The molecule has 0 atom stereocenters. The molecule has 0 radical (unpaired) electrons. The number of hydrogen-bond donors (Lipinski definition) is 1. The lowest BCUT2D eigenvalue weighted by Gasteiger charge is -2.03. The molecule has 90 valence electrons. The van der Waals surface area contributed by atoms with Crippen LogP contribution in [-0.4, -0.2) is 21.1 Å². The quantitative estimate of drug-likeness (QED) is 0.851. The summed E-state index contributed by atoms with van der Waals surface area (Å²) in [5, 5.41) is 9.40. The number of aromatic nitrogens is 3. The van der Waals surface area contributed by atoms with Crippen molar-refractivity contribution >= 4 is 44.2 Å². The molecule has 0 aliphatic carbocycles. The summed E-state index contributed by atoms with van der Waals surface area (Å²) in [5.74, 6) is 0.772. The summed E-state index contributed by atoms with van der Waals surface area (Å²) in [4.78, 5) is 4.30. The Morgan fingerprint density at radius 1 is 1.53 bits per heavy atom. The number of nitrogens with one attached hydrogen (secondary N) is 1. The van der Waals surface area contributed by atoms with Crippen LogP contribution in [0.3, 0.4) is 0 Å². The normalized spacial score (nSPS) is 10.5. The van der Waals surface area contributed by atoms with Gasteiger partial charge in [0.2, 0.25) is 0 Å². The molecule has 0 spiro atoms. The molecule has 0 saturated carbocycles. The van der Waals surface area contributed by atoms with Crippen LogP contribution in [0.5, 0.6) is 0 Å². The van der Waals surface area contributed by atoms with Crippen molar-refractivity contribution < 1.29 is 0 Å². The lowest BCUT2D eigenvalue weighted by molar-refractivity contribution is 1.06. The summed E-state index contributed by atoms with van der Waals surface area (Å²) in [7, 11) is 0. The Balaban J connectivity index is 2.02. The highest BCUT2D eigenvalue weighted by Crippen LogP contribution is 2.30. The number of anilines is 1. The zero-order valence-electron chi connectivity index (χ0n) is 9.18. The van der Waals surface area contributed by atoms with Crippen molar-refractivity contribution in [3.05, 3.63) is 28.5 Å². The Bertz CT molecular complexity index is 489. The summed E-state index contributed by atoms with van der Waals surface area (Å²) in [6.07, 6.45) is 1.79. The monoisotopic (exact) mass is 330 g/mol. The van der Waals surface area contributed by atoms with E-state index >= 15 is 0 Å². The van der Waals surface area contributed by atoms with Gasteiger partial charge in [0.05, 0.1) is 0 Å². The largest absolute Gasteiger partial charge is 0.374 e. The van der Waals surface area contributed by atoms with Crippen LogP contribution in [0.25, 0.3) is 0 Å². The van der Waals surface area contributed by atoms with Gasteiger partial charge in [0.1, 0.15) is 15.7 Å². The number of nitrogens with zero attached hydrogens (tertiary/aromatic N) is 3. The average molecular weight is 331 g/mol. The Labute approximate surface area is 117 Å². The van der Waals surface area contributed by atoms with E-state index in [2.05, 4.69) is 42.7 Å². The van der Waals surface area contributed by atoms with Crippen molar-refractivity contribution in [3.63, 3.8) is 0 Å². The van der Waals surface area contributed by atoms with Gasteiger partial charge in [-0.1, -0.05) is 16.3 Å². The molecule has 0 fully saturated rings. The second-order valence-corrected chi connectivity index (χ2v) is 5.73. The van der Waals surface area contributed by atoms with Crippen LogP contribution in [0.15, 0.2) is 27.8 Å². The summed E-state index contributed by atoms with van der Waals surface area (Å²) in [6, 6.07) is 3.89. The third-order valence-electron chi connectivity index (χ3n) is 1.96. The predicted octanol–water partition coefficient (Wildman–Crippen LogP) is 3.42. The van der Waals surface area contributed by atoms with Crippen LogP contribution in [0, 0.1) is 0 Å². The highest BCUT2D eigenvalue weighted by molar-refractivity contribution is 9.10. The lowest BCUT2D eigenvalue weighted by Crippen LogP contribution is -1.97. The molecule has 0 amide bonds. The standard InChI is InChI=1S/C10H11BrN4S2/c1-2-12-10-8(14-15-17-10)6-16-9-7(11)4-3-5-13-9/h3-5,12H,2,6H2,1H3. The number of pyridine rings is 1. The third kappa shape index (κ3) is 3.40. The van der Waals surface area contributed by atoms with E-state index < -0.39 is 0 Å². The van der Waals surface area contributed by atoms with Crippen LogP contribution in [0.4, 0.5) is 5.00 Å². The summed E-state index contributed by atoms with van der Waals surface area (Å²) >= 11 is 6.52. The molecule has 2 aromatic heterocycles. The molecule has 2 aromatic rings. The summed E-state index contributed by atoms with van der Waals surface area (Å²) in [6.45, 7) is 2.95. The van der Waals surface area contributed by atoms with Gasteiger partial charge in [0.15, 0.2) is 0 Å². The first-order valence-corrected chi connectivity index (χ1v) is 7.65. The molecule has 0 aliphatic heterocycles. The van der Waals surface area contributed by atoms with Gasteiger partial charge in [-0.3, -0.25) is 0 Å². The Morgan fingerprint density at radius 3 is 3.18 bits per heavy atom. The molecule has 4 nitrogen and oxygen atoms in total. The van der Waals surface area contributed by atoms with Crippen molar-refractivity contribution in [1.29, 1.82) is 0 Å². The van der Waals surface area contributed by atoms with Crippen molar-refractivity contribution in [2.24, 2.45) is 0 Å². The molecule has 0 saturated heterocycles. The maximum absolute atomic E-state index is 4.30. The molecule has 0 unspecified atom stereocenters. The predicted molar refractivity (Wildman–Crippen MR) is 75.6 cm³/mol. The molecule has 0 aliphatic rings. The van der Waals surface area contributed by atoms with Crippen LogP contribution < -0.4 is 5.32 Å². The molecule has 0 bridgehead atoms. The first-order valence-electron chi connectivity index (χ1n) is 5.09. The van der Waals surface area contributed by atoms with Gasteiger partial charge in [0, 0.05) is 34.5 Å². The van der Waals surface area contributed by atoms with Gasteiger partial charge >= 0.3 is 0 Å².